The molecule has 1 aliphatic carbocycles. The molecule has 1 aromatic carbocycles. The first-order valence-electron chi connectivity index (χ1n) is 9.45. The molecule has 0 spiro atoms. The fraction of sp³-hybridized carbons (Fsp3) is 0.524. The first-order chi connectivity index (χ1) is 12.2. The number of piperidine rings is 1. The minimum Gasteiger partial charge on any atom is -0.396 e. The van der Waals surface area contributed by atoms with Crippen LogP contribution >= 0.6 is 0 Å². The number of rotatable bonds is 4. The molecule has 1 saturated carbocycles. The van der Waals surface area contributed by atoms with Gasteiger partial charge in [0.25, 0.3) is 5.91 Å². The average molecular weight is 338 g/mol. The maximum Gasteiger partial charge on any atom is 0.254 e. The van der Waals surface area contributed by atoms with Crippen LogP contribution in [-0.4, -0.2) is 40.6 Å². The number of pyridine rings is 1. The molecule has 1 aromatic heterocycles. The van der Waals surface area contributed by atoms with E-state index in [1.165, 1.54) is 12.8 Å². The molecular formula is C21H26N2O2. The van der Waals surface area contributed by atoms with Crippen molar-refractivity contribution < 1.29 is 9.90 Å². The fourth-order valence-corrected chi connectivity index (χ4v) is 3.94. The van der Waals surface area contributed by atoms with Gasteiger partial charge in [-0.15, -0.1) is 0 Å². The van der Waals surface area contributed by atoms with Crippen LogP contribution in [0.1, 0.15) is 61.0 Å². The number of nitrogens with zero attached hydrogens (tertiary/aromatic N) is 2. The number of aliphatic hydroxyl groups excluding tert-OH is 1. The highest BCUT2D eigenvalue weighted by Gasteiger charge is 2.35. The molecule has 1 N–H and O–H groups in total. The zero-order valence-corrected chi connectivity index (χ0v) is 14.9. The number of carbonyl (C=O) groups excluding carboxylic acids is 1. The van der Waals surface area contributed by atoms with Gasteiger partial charge in [0.1, 0.15) is 0 Å². The molecule has 0 atom stereocenters. The largest absolute Gasteiger partial charge is 0.396 e. The van der Waals surface area contributed by atoms with Crippen molar-refractivity contribution in [2.45, 2.75) is 44.9 Å². The molecule has 2 fully saturated rings. The molecule has 4 heteroatoms. The lowest BCUT2D eigenvalue weighted by molar-refractivity contribution is 0.0339. The molecule has 1 aliphatic heterocycles. The highest BCUT2D eigenvalue weighted by atomic mass is 16.3. The Hall–Kier alpha value is -1.94. The molecule has 2 aliphatic rings. The van der Waals surface area contributed by atoms with Crippen molar-refractivity contribution in [2.75, 3.05) is 19.7 Å². The van der Waals surface area contributed by atoms with Crippen LogP contribution in [0.15, 0.2) is 30.3 Å². The maximum atomic E-state index is 13.2. The van der Waals surface area contributed by atoms with Crippen LogP contribution < -0.4 is 0 Å². The van der Waals surface area contributed by atoms with Crippen molar-refractivity contribution in [1.29, 1.82) is 0 Å². The monoisotopic (exact) mass is 338 g/mol. The predicted octanol–water partition coefficient (Wildman–Crippen LogP) is 3.74. The van der Waals surface area contributed by atoms with Gasteiger partial charge in [-0.3, -0.25) is 9.78 Å². The van der Waals surface area contributed by atoms with Gasteiger partial charge in [0, 0.05) is 36.7 Å². The standard InChI is InChI=1S/C21H26N2O2/c1-2-21(14-24)9-11-23(12-10-21)20(25)17-13-19(15-7-8-15)22-18-6-4-3-5-16(17)18/h3-6,13,15,24H,2,7-12,14H2,1H3. The summed E-state index contributed by atoms with van der Waals surface area (Å²) in [7, 11) is 0. The highest BCUT2D eigenvalue weighted by Crippen LogP contribution is 2.40. The third kappa shape index (κ3) is 3.04. The highest BCUT2D eigenvalue weighted by molar-refractivity contribution is 6.06. The summed E-state index contributed by atoms with van der Waals surface area (Å²) in [6, 6.07) is 9.98. The van der Waals surface area contributed by atoms with Gasteiger partial charge in [-0.05, 0) is 49.7 Å². The molecular weight excluding hydrogens is 312 g/mol. The lowest BCUT2D eigenvalue weighted by Crippen LogP contribution is -2.44. The quantitative estimate of drug-likeness (QED) is 0.924. The summed E-state index contributed by atoms with van der Waals surface area (Å²) in [6.07, 6.45) is 5.08. The van der Waals surface area contributed by atoms with E-state index in [1.807, 2.05) is 35.2 Å². The topological polar surface area (TPSA) is 53.4 Å². The number of hydrogen-bond donors (Lipinski definition) is 1. The molecule has 2 aromatic rings. The Morgan fingerprint density at radius 1 is 1.28 bits per heavy atom. The van der Waals surface area contributed by atoms with E-state index in [1.54, 1.807) is 0 Å². The second-order valence-corrected chi connectivity index (χ2v) is 7.69. The minimum absolute atomic E-state index is 0.00371. The van der Waals surface area contributed by atoms with Crippen molar-refractivity contribution in [2.24, 2.45) is 5.41 Å². The van der Waals surface area contributed by atoms with E-state index in [0.29, 0.717) is 5.92 Å². The number of likely N-dealkylation sites (tertiary alicyclic amines) is 1. The number of fused-ring (bicyclic) bond motifs is 1. The molecule has 1 saturated heterocycles. The Balaban J connectivity index is 1.64. The van der Waals surface area contributed by atoms with Gasteiger partial charge in [-0.1, -0.05) is 25.1 Å². The third-order valence-electron chi connectivity index (χ3n) is 6.16. The summed E-state index contributed by atoms with van der Waals surface area (Å²) in [6.45, 7) is 3.80. The van der Waals surface area contributed by atoms with Crippen LogP contribution in [-0.2, 0) is 0 Å². The van der Waals surface area contributed by atoms with Crippen LogP contribution in [0, 0.1) is 5.41 Å². The number of aromatic nitrogens is 1. The zero-order valence-electron chi connectivity index (χ0n) is 14.9. The van der Waals surface area contributed by atoms with Crippen molar-refractivity contribution in [3.05, 3.63) is 41.6 Å². The Morgan fingerprint density at radius 2 is 2.00 bits per heavy atom. The normalized spacial score (nSPS) is 20.0. The van der Waals surface area contributed by atoms with Crippen LogP contribution in [0.3, 0.4) is 0 Å². The van der Waals surface area contributed by atoms with E-state index >= 15 is 0 Å². The van der Waals surface area contributed by atoms with E-state index in [4.69, 9.17) is 4.98 Å². The molecule has 4 rings (SSSR count). The Morgan fingerprint density at radius 3 is 2.64 bits per heavy atom. The van der Waals surface area contributed by atoms with E-state index in [2.05, 4.69) is 6.92 Å². The Kier molecular flexibility index (Phi) is 4.24. The SMILES string of the molecule is CCC1(CO)CCN(C(=O)c2cc(C3CC3)nc3ccccc23)CC1. The second kappa shape index (κ2) is 6.41. The van der Waals surface area contributed by atoms with E-state index < -0.39 is 0 Å². The summed E-state index contributed by atoms with van der Waals surface area (Å²) in [5.74, 6) is 0.641. The number of benzene rings is 1. The molecule has 0 radical (unpaired) electrons. The molecule has 2 heterocycles. The van der Waals surface area contributed by atoms with Gasteiger partial charge in [0.15, 0.2) is 0 Å². The minimum atomic E-state index is -0.00371. The van der Waals surface area contributed by atoms with Gasteiger partial charge in [-0.25, -0.2) is 0 Å². The van der Waals surface area contributed by atoms with Gasteiger partial charge in [0.05, 0.1) is 11.1 Å². The van der Waals surface area contributed by atoms with Crippen molar-refractivity contribution in [1.82, 2.24) is 9.88 Å². The van der Waals surface area contributed by atoms with Gasteiger partial charge < -0.3 is 10.0 Å². The summed E-state index contributed by atoms with van der Waals surface area (Å²) in [5, 5.41) is 10.7. The second-order valence-electron chi connectivity index (χ2n) is 7.69. The smallest absolute Gasteiger partial charge is 0.254 e. The molecule has 1 amide bonds. The maximum absolute atomic E-state index is 13.2. The fourth-order valence-electron chi connectivity index (χ4n) is 3.94. The summed E-state index contributed by atoms with van der Waals surface area (Å²) >= 11 is 0. The van der Waals surface area contributed by atoms with Crippen molar-refractivity contribution in [3.63, 3.8) is 0 Å². The molecule has 132 valence electrons. The van der Waals surface area contributed by atoms with E-state index in [9.17, 15) is 9.90 Å². The average Bonchev–Trinajstić information content (AvgIpc) is 3.52. The lowest BCUT2D eigenvalue weighted by atomic mass is 9.77. The number of aliphatic hydroxyl groups is 1. The van der Waals surface area contributed by atoms with Gasteiger partial charge >= 0.3 is 0 Å². The summed E-state index contributed by atoms with van der Waals surface area (Å²) in [5.41, 5.74) is 2.78. The van der Waals surface area contributed by atoms with Gasteiger partial charge in [-0.2, -0.15) is 0 Å². The molecule has 4 nitrogen and oxygen atoms in total. The summed E-state index contributed by atoms with van der Waals surface area (Å²) < 4.78 is 0. The zero-order chi connectivity index (χ0) is 17.4. The van der Waals surface area contributed by atoms with Crippen LogP contribution in [0.5, 0.6) is 0 Å². The lowest BCUT2D eigenvalue weighted by Gasteiger charge is -2.40. The first-order valence-corrected chi connectivity index (χ1v) is 9.45. The number of amides is 1. The van der Waals surface area contributed by atoms with Crippen LogP contribution in [0.2, 0.25) is 0 Å². The van der Waals surface area contributed by atoms with E-state index in [0.717, 1.165) is 54.5 Å². The van der Waals surface area contributed by atoms with Crippen LogP contribution in [0.25, 0.3) is 10.9 Å². The Bertz CT molecular complexity index is 784. The predicted molar refractivity (Wildman–Crippen MR) is 98.7 cm³/mol. The number of hydrogen-bond acceptors (Lipinski definition) is 3. The Labute approximate surface area is 148 Å². The van der Waals surface area contributed by atoms with Gasteiger partial charge in [0.2, 0.25) is 0 Å². The summed E-state index contributed by atoms with van der Waals surface area (Å²) in [4.78, 5) is 20.0. The van der Waals surface area contributed by atoms with E-state index in [-0.39, 0.29) is 17.9 Å². The first kappa shape index (κ1) is 16.5. The number of para-hydroxylation sites is 1. The molecule has 0 unspecified atom stereocenters. The number of carbonyl (C=O) groups is 1. The molecule has 0 bridgehead atoms. The molecule has 25 heavy (non-hydrogen) atoms. The third-order valence-corrected chi connectivity index (χ3v) is 6.16. The van der Waals surface area contributed by atoms with Crippen LogP contribution in [0.4, 0.5) is 0 Å². The van der Waals surface area contributed by atoms with Crippen molar-refractivity contribution >= 4 is 16.8 Å². The van der Waals surface area contributed by atoms with Crippen molar-refractivity contribution in [3.8, 4) is 0 Å².